The van der Waals surface area contributed by atoms with Crippen molar-refractivity contribution in [2.45, 2.75) is 52.4 Å². The number of nitrogens with zero attached hydrogens (tertiary/aromatic N) is 3. The number of rotatable bonds is 6. The molecule has 8 aromatic rings. The Bertz CT molecular complexity index is 2670. The fraction of sp³-hybridized carbons (Fsp3) is 0.160. The number of phenolic OH excluding ortho intramolecular Hbond substituents is 1. The Kier molecular flexibility index (Phi) is 8.78. The summed E-state index contributed by atoms with van der Waals surface area (Å²) in [5.74, 6) is 1.07. The van der Waals surface area contributed by atoms with Gasteiger partial charge in [-0.1, -0.05) is 145 Å². The molecule has 0 spiro atoms. The van der Waals surface area contributed by atoms with Crippen molar-refractivity contribution in [3.63, 3.8) is 0 Å². The van der Waals surface area contributed by atoms with E-state index >= 15 is 0 Å². The molecule has 266 valence electrons. The quantitative estimate of drug-likeness (QED) is 0.175. The molecule has 0 aliphatic carbocycles. The largest absolute Gasteiger partial charge is 0.507 e. The first-order valence-corrected chi connectivity index (χ1v) is 18.6. The van der Waals surface area contributed by atoms with Crippen LogP contribution < -0.4 is 0 Å². The molecule has 4 heteroatoms. The molecule has 0 radical (unpaired) electrons. The lowest BCUT2D eigenvalue weighted by molar-refractivity contribution is 0.444. The van der Waals surface area contributed by atoms with Crippen molar-refractivity contribution in [1.29, 1.82) is 0 Å². The molecule has 0 bridgehead atoms. The van der Waals surface area contributed by atoms with Crippen LogP contribution in [-0.4, -0.2) is 20.9 Å². The molecule has 54 heavy (non-hydrogen) atoms. The van der Waals surface area contributed by atoms with Crippen LogP contribution in [0.2, 0.25) is 0 Å². The van der Waals surface area contributed by atoms with Crippen molar-refractivity contribution in [3.8, 4) is 45.1 Å². The lowest BCUT2D eigenvalue weighted by atomic mass is 9.79. The number of aromatic hydroxyl groups is 1. The van der Waals surface area contributed by atoms with Crippen molar-refractivity contribution < 1.29 is 5.11 Å². The van der Waals surface area contributed by atoms with Gasteiger partial charge in [0.25, 0.3) is 0 Å². The molecule has 0 saturated carbocycles. The summed E-state index contributed by atoms with van der Waals surface area (Å²) in [5.41, 5.74) is 11.6. The monoisotopic (exact) mass is 703 g/mol. The maximum Gasteiger partial charge on any atom is 0.147 e. The van der Waals surface area contributed by atoms with Crippen molar-refractivity contribution in [2.24, 2.45) is 4.99 Å². The minimum absolute atomic E-state index is 0.0947. The highest BCUT2D eigenvalue weighted by Gasteiger charge is 2.25. The average molecular weight is 704 g/mol. The highest BCUT2D eigenvalue weighted by Crippen LogP contribution is 2.40. The maximum absolute atomic E-state index is 11.5. The Morgan fingerprint density at radius 1 is 0.574 bits per heavy atom. The van der Waals surface area contributed by atoms with Gasteiger partial charge in [0.2, 0.25) is 0 Å². The van der Waals surface area contributed by atoms with Gasteiger partial charge >= 0.3 is 0 Å². The van der Waals surface area contributed by atoms with Gasteiger partial charge in [-0.2, -0.15) is 0 Å². The van der Waals surface area contributed by atoms with Crippen LogP contribution in [0.4, 0.5) is 5.69 Å². The Labute approximate surface area is 318 Å². The molecule has 0 unspecified atom stereocenters. The molecule has 0 aliphatic heterocycles. The van der Waals surface area contributed by atoms with Crippen LogP contribution in [0.25, 0.3) is 61.1 Å². The third-order valence-electron chi connectivity index (χ3n) is 10.3. The minimum atomic E-state index is -0.236. The van der Waals surface area contributed by atoms with E-state index in [4.69, 9.17) is 9.98 Å². The number of fused-ring (bicyclic) bond motifs is 2. The van der Waals surface area contributed by atoms with E-state index < -0.39 is 0 Å². The summed E-state index contributed by atoms with van der Waals surface area (Å²) in [5, 5.41) is 13.9. The summed E-state index contributed by atoms with van der Waals surface area (Å²) in [6.07, 6.45) is 1.80. The van der Waals surface area contributed by atoms with Crippen LogP contribution in [-0.2, 0) is 10.8 Å². The highest BCUT2D eigenvalue weighted by molar-refractivity contribution is 5.99. The van der Waals surface area contributed by atoms with Crippen molar-refractivity contribution >= 4 is 33.7 Å². The number of phenols is 1. The van der Waals surface area contributed by atoms with Crippen LogP contribution in [0.3, 0.4) is 0 Å². The molecule has 0 atom stereocenters. The van der Waals surface area contributed by atoms with Gasteiger partial charge in [-0.3, -0.25) is 9.56 Å². The van der Waals surface area contributed by atoms with Crippen LogP contribution in [0.5, 0.6) is 5.75 Å². The van der Waals surface area contributed by atoms with Gasteiger partial charge in [0.05, 0.1) is 16.7 Å². The normalized spacial score (nSPS) is 12.3. The van der Waals surface area contributed by atoms with Gasteiger partial charge in [-0.25, -0.2) is 4.98 Å². The molecule has 0 aliphatic rings. The van der Waals surface area contributed by atoms with Gasteiger partial charge in [-0.05, 0) is 92.4 Å². The van der Waals surface area contributed by atoms with Crippen LogP contribution in [0, 0.1) is 0 Å². The predicted molar refractivity (Wildman–Crippen MR) is 228 cm³/mol. The third-order valence-corrected chi connectivity index (χ3v) is 10.3. The molecule has 4 nitrogen and oxygen atoms in total. The fourth-order valence-corrected chi connectivity index (χ4v) is 7.25. The molecular weight excluding hydrogens is 659 g/mol. The zero-order valence-electron chi connectivity index (χ0n) is 31.8. The predicted octanol–water partition coefficient (Wildman–Crippen LogP) is 13.2. The first kappa shape index (κ1) is 34.8. The number of aromatic nitrogens is 2. The zero-order chi connectivity index (χ0) is 37.6. The molecule has 1 N–H and O–H groups in total. The van der Waals surface area contributed by atoms with Crippen LogP contribution in [0.1, 0.15) is 58.2 Å². The number of hydrogen-bond acceptors (Lipinski definition) is 3. The topological polar surface area (TPSA) is 50.4 Å². The molecular formula is C50H45N3O. The van der Waals surface area contributed by atoms with E-state index in [2.05, 4.69) is 174 Å². The second kappa shape index (κ2) is 13.6. The number of aliphatic imine (C=N–C) groups is 1. The highest BCUT2D eigenvalue weighted by atomic mass is 16.3. The standard InChI is InChI=1S/C50H45N3O/c1-49(2,3)39-30-38(47(54)43(31-39)50(4,5)6)32-51-44-22-14-13-20-42(44)48-52-46-41(21-15-23-45(46)53(48)40-18-11-8-12-19-40)37-27-26-35-28-34(24-25-36(35)29-37)33-16-9-7-10-17-33/h7-32,54H,1-6H3. The molecule has 8 rings (SSSR count). The Hall–Kier alpha value is -6.26. The SMILES string of the molecule is CC(C)(C)c1cc(C=Nc2ccccc2-c2nc3c(-c4ccc5cc(-c6ccccc6)ccc5c4)cccc3n2-c2ccccc2)c(O)c(C(C)(C)C)c1. The van der Waals surface area contributed by atoms with Gasteiger partial charge in [0.1, 0.15) is 11.6 Å². The van der Waals surface area contributed by atoms with Gasteiger partial charge in [-0.15, -0.1) is 0 Å². The lowest BCUT2D eigenvalue weighted by Crippen LogP contribution is -2.17. The molecule has 1 aromatic heterocycles. The van der Waals surface area contributed by atoms with E-state index in [-0.39, 0.29) is 16.6 Å². The first-order chi connectivity index (χ1) is 26.0. The van der Waals surface area contributed by atoms with E-state index in [1.165, 1.54) is 21.9 Å². The summed E-state index contributed by atoms with van der Waals surface area (Å²) in [4.78, 5) is 10.5. The summed E-state index contributed by atoms with van der Waals surface area (Å²) >= 11 is 0. The first-order valence-electron chi connectivity index (χ1n) is 18.6. The number of para-hydroxylation sites is 3. The van der Waals surface area contributed by atoms with Crippen molar-refractivity contribution in [2.75, 3.05) is 0 Å². The third kappa shape index (κ3) is 6.60. The van der Waals surface area contributed by atoms with E-state index in [1.807, 2.05) is 24.3 Å². The second-order valence-electron chi connectivity index (χ2n) is 16.2. The molecule has 0 amide bonds. The van der Waals surface area contributed by atoms with Crippen molar-refractivity contribution in [3.05, 3.63) is 168 Å². The van der Waals surface area contributed by atoms with E-state index in [1.54, 1.807) is 6.21 Å². The van der Waals surface area contributed by atoms with E-state index in [0.717, 1.165) is 56.0 Å². The summed E-state index contributed by atoms with van der Waals surface area (Å²) < 4.78 is 2.23. The number of benzene rings is 7. The van der Waals surface area contributed by atoms with Crippen molar-refractivity contribution in [1.82, 2.24) is 9.55 Å². The molecule has 0 saturated heterocycles. The summed E-state index contributed by atoms with van der Waals surface area (Å²) in [6.45, 7) is 13.0. The second-order valence-corrected chi connectivity index (χ2v) is 16.2. The fourth-order valence-electron chi connectivity index (χ4n) is 7.25. The summed E-state index contributed by atoms with van der Waals surface area (Å²) in [7, 11) is 0. The minimum Gasteiger partial charge on any atom is -0.507 e. The lowest BCUT2D eigenvalue weighted by Gasteiger charge is -2.27. The molecule has 1 heterocycles. The Morgan fingerprint density at radius 3 is 1.91 bits per heavy atom. The Balaban J connectivity index is 1.27. The molecule has 7 aromatic carbocycles. The van der Waals surface area contributed by atoms with Crippen LogP contribution in [0.15, 0.2) is 157 Å². The maximum atomic E-state index is 11.5. The Morgan fingerprint density at radius 2 is 1.20 bits per heavy atom. The molecule has 0 fully saturated rings. The van der Waals surface area contributed by atoms with E-state index in [9.17, 15) is 5.11 Å². The zero-order valence-corrected chi connectivity index (χ0v) is 31.8. The number of hydrogen-bond donors (Lipinski definition) is 1. The van der Waals surface area contributed by atoms with Crippen LogP contribution >= 0.6 is 0 Å². The summed E-state index contributed by atoms with van der Waals surface area (Å²) in [6, 6.07) is 53.0. The van der Waals surface area contributed by atoms with Gasteiger partial charge < -0.3 is 5.11 Å². The average Bonchev–Trinajstić information content (AvgIpc) is 3.57. The van der Waals surface area contributed by atoms with Gasteiger partial charge in [0, 0.05) is 34.2 Å². The smallest absolute Gasteiger partial charge is 0.147 e. The van der Waals surface area contributed by atoms with Gasteiger partial charge in [0.15, 0.2) is 0 Å². The van der Waals surface area contributed by atoms with E-state index in [0.29, 0.717) is 5.56 Å². The number of imidazole rings is 1.